The van der Waals surface area contributed by atoms with Gasteiger partial charge in [-0.15, -0.1) is 0 Å². The fourth-order valence-electron chi connectivity index (χ4n) is 3.05. The number of benzene rings is 1. The number of aliphatic carboxylic acids is 1. The highest BCUT2D eigenvalue weighted by Gasteiger charge is 2.40. The van der Waals surface area contributed by atoms with Gasteiger partial charge in [0.25, 0.3) is 0 Å². The SMILES string of the molecule is CC(=O)S[C@@H](C(=O)c1cccc(F)c1)[C@@H](C)C(=O)N1CCC[C@H]1C(=O)O. The van der Waals surface area contributed by atoms with E-state index < -0.39 is 40.7 Å². The quantitative estimate of drug-likeness (QED) is 0.761. The summed E-state index contributed by atoms with van der Waals surface area (Å²) in [5.41, 5.74) is 0.0691. The van der Waals surface area contributed by atoms with Crippen molar-refractivity contribution in [3.8, 4) is 0 Å². The molecule has 1 N–H and O–H groups in total. The predicted octanol–water partition coefficient (Wildman–Crippen LogP) is 2.37. The molecule has 1 aliphatic heterocycles. The average Bonchev–Trinajstić information content (AvgIpc) is 3.07. The van der Waals surface area contributed by atoms with Gasteiger partial charge in [-0.1, -0.05) is 30.8 Å². The van der Waals surface area contributed by atoms with Crippen molar-refractivity contribution >= 4 is 34.5 Å². The number of carboxylic acids is 1. The second-order valence-electron chi connectivity index (χ2n) is 6.22. The zero-order chi connectivity index (χ0) is 19.4. The number of Topliss-reactive ketones (excluding diaryl/α,β-unsaturated/α-hetero) is 1. The van der Waals surface area contributed by atoms with Crippen molar-refractivity contribution in [2.45, 2.75) is 38.0 Å². The second-order valence-corrected chi connectivity index (χ2v) is 7.54. The van der Waals surface area contributed by atoms with E-state index in [1.807, 2.05) is 0 Å². The van der Waals surface area contributed by atoms with Crippen LogP contribution in [0.5, 0.6) is 0 Å². The molecule has 0 aliphatic carbocycles. The van der Waals surface area contributed by atoms with E-state index in [0.29, 0.717) is 31.1 Å². The standard InChI is InChI=1S/C18H20FNO5S/c1-10(17(23)20-8-4-7-14(20)18(24)25)16(26-11(2)21)15(22)12-5-3-6-13(19)9-12/h3,5-6,9-10,14,16H,4,7-8H2,1-2H3,(H,24,25)/t10-,14+,16-/m1/s1. The molecule has 1 amide bonds. The molecule has 0 spiro atoms. The maximum atomic E-state index is 13.4. The first kappa shape index (κ1) is 20.1. The van der Waals surface area contributed by atoms with Crippen molar-refractivity contribution in [1.82, 2.24) is 4.90 Å². The van der Waals surface area contributed by atoms with Gasteiger partial charge >= 0.3 is 5.97 Å². The average molecular weight is 381 g/mol. The molecule has 140 valence electrons. The third kappa shape index (κ3) is 4.49. The lowest BCUT2D eigenvalue weighted by atomic mass is 9.97. The van der Waals surface area contributed by atoms with Crippen molar-refractivity contribution in [2.24, 2.45) is 5.92 Å². The smallest absolute Gasteiger partial charge is 0.326 e. The number of halogens is 1. The molecule has 6 nitrogen and oxygen atoms in total. The van der Waals surface area contributed by atoms with Crippen molar-refractivity contribution in [3.05, 3.63) is 35.6 Å². The summed E-state index contributed by atoms with van der Waals surface area (Å²) in [4.78, 5) is 49.7. The molecule has 26 heavy (non-hydrogen) atoms. The number of thioether (sulfide) groups is 1. The van der Waals surface area contributed by atoms with Gasteiger partial charge in [0.05, 0.1) is 11.2 Å². The van der Waals surface area contributed by atoms with E-state index in [2.05, 4.69) is 0 Å². The Morgan fingerprint density at radius 1 is 1.31 bits per heavy atom. The van der Waals surface area contributed by atoms with Crippen LogP contribution in [0.25, 0.3) is 0 Å². The Balaban J connectivity index is 2.27. The highest BCUT2D eigenvalue weighted by molar-refractivity contribution is 8.14. The summed E-state index contributed by atoms with van der Waals surface area (Å²) in [5, 5.41) is 7.86. The van der Waals surface area contributed by atoms with Gasteiger partial charge in [-0.25, -0.2) is 9.18 Å². The first-order chi connectivity index (χ1) is 12.2. The molecule has 3 atom stereocenters. The maximum absolute atomic E-state index is 13.4. The lowest BCUT2D eigenvalue weighted by molar-refractivity contribution is -0.149. The summed E-state index contributed by atoms with van der Waals surface area (Å²) in [6.45, 7) is 3.08. The second kappa shape index (κ2) is 8.44. The number of rotatable bonds is 6. The molecule has 1 aliphatic rings. The summed E-state index contributed by atoms with van der Waals surface area (Å²) >= 11 is 0.707. The van der Waals surface area contributed by atoms with Gasteiger partial charge in [0.1, 0.15) is 11.9 Å². The molecule has 0 bridgehead atoms. The molecule has 0 aromatic heterocycles. The van der Waals surface area contributed by atoms with Gasteiger partial charge in [-0.3, -0.25) is 14.4 Å². The highest BCUT2D eigenvalue weighted by atomic mass is 32.2. The molecule has 1 fully saturated rings. The number of likely N-dealkylation sites (tertiary alicyclic amines) is 1. The Morgan fingerprint density at radius 2 is 2.00 bits per heavy atom. The van der Waals surface area contributed by atoms with Crippen LogP contribution >= 0.6 is 11.8 Å². The zero-order valence-electron chi connectivity index (χ0n) is 14.5. The van der Waals surface area contributed by atoms with Gasteiger partial charge < -0.3 is 10.0 Å². The number of carbonyl (C=O) groups is 4. The summed E-state index contributed by atoms with van der Waals surface area (Å²) < 4.78 is 13.4. The number of nitrogens with zero attached hydrogens (tertiary/aromatic N) is 1. The Hall–Kier alpha value is -2.22. The van der Waals surface area contributed by atoms with Gasteiger partial charge in [-0.2, -0.15) is 0 Å². The van der Waals surface area contributed by atoms with Crippen LogP contribution in [0.1, 0.15) is 37.0 Å². The van der Waals surface area contributed by atoms with Crippen LogP contribution in [0, 0.1) is 11.7 Å². The van der Waals surface area contributed by atoms with E-state index in [-0.39, 0.29) is 10.7 Å². The summed E-state index contributed by atoms with van der Waals surface area (Å²) in [6, 6.07) is 4.14. The van der Waals surface area contributed by atoms with Crippen LogP contribution in [0.2, 0.25) is 0 Å². The van der Waals surface area contributed by atoms with E-state index in [1.165, 1.54) is 36.9 Å². The van der Waals surface area contributed by atoms with Crippen LogP contribution < -0.4 is 0 Å². The zero-order valence-corrected chi connectivity index (χ0v) is 15.3. The first-order valence-electron chi connectivity index (χ1n) is 8.22. The van der Waals surface area contributed by atoms with Crippen molar-refractivity contribution in [3.63, 3.8) is 0 Å². The molecule has 2 rings (SSSR count). The minimum Gasteiger partial charge on any atom is -0.480 e. The Kier molecular flexibility index (Phi) is 6.52. The molecule has 1 aromatic rings. The molecule has 0 saturated carbocycles. The number of carbonyl (C=O) groups excluding carboxylic acids is 3. The Bertz CT molecular complexity index is 738. The van der Waals surface area contributed by atoms with E-state index in [1.54, 1.807) is 0 Å². The minimum absolute atomic E-state index is 0.0691. The molecular formula is C18H20FNO5S. The van der Waals surface area contributed by atoms with Crippen molar-refractivity contribution in [2.75, 3.05) is 6.54 Å². The van der Waals surface area contributed by atoms with Crippen LogP contribution in [-0.4, -0.2) is 50.6 Å². The number of hydrogen-bond donors (Lipinski definition) is 1. The minimum atomic E-state index is -1.09. The number of amides is 1. The van der Waals surface area contributed by atoms with E-state index in [4.69, 9.17) is 0 Å². The predicted molar refractivity (Wildman–Crippen MR) is 94.3 cm³/mol. The fourth-order valence-corrected chi connectivity index (χ4v) is 3.97. The highest BCUT2D eigenvalue weighted by Crippen LogP contribution is 2.29. The third-order valence-corrected chi connectivity index (χ3v) is 5.53. The maximum Gasteiger partial charge on any atom is 0.326 e. The molecule has 0 unspecified atom stereocenters. The van der Waals surface area contributed by atoms with Crippen LogP contribution in [0.4, 0.5) is 4.39 Å². The van der Waals surface area contributed by atoms with Crippen LogP contribution in [0.15, 0.2) is 24.3 Å². The van der Waals surface area contributed by atoms with E-state index in [0.717, 1.165) is 6.07 Å². The number of hydrogen-bond acceptors (Lipinski definition) is 5. The summed E-state index contributed by atoms with van der Waals surface area (Å²) in [5.74, 6) is -3.61. The monoisotopic (exact) mass is 381 g/mol. The van der Waals surface area contributed by atoms with Gasteiger partial charge in [-0.05, 0) is 25.0 Å². The van der Waals surface area contributed by atoms with Gasteiger partial charge in [0.15, 0.2) is 10.9 Å². The Labute approximate surface area is 154 Å². The summed E-state index contributed by atoms with van der Waals surface area (Å²) in [6.07, 6.45) is 0.925. The van der Waals surface area contributed by atoms with Crippen LogP contribution in [-0.2, 0) is 14.4 Å². The molecule has 1 saturated heterocycles. The number of ketones is 1. The molecule has 1 aromatic carbocycles. The van der Waals surface area contributed by atoms with E-state index in [9.17, 15) is 28.7 Å². The topological polar surface area (TPSA) is 91.8 Å². The van der Waals surface area contributed by atoms with Crippen molar-refractivity contribution in [1.29, 1.82) is 0 Å². The molecule has 0 radical (unpaired) electrons. The van der Waals surface area contributed by atoms with Crippen LogP contribution in [0.3, 0.4) is 0 Å². The van der Waals surface area contributed by atoms with Gasteiger partial charge in [0, 0.05) is 19.0 Å². The molecule has 8 heteroatoms. The van der Waals surface area contributed by atoms with Crippen molar-refractivity contribution < 1.29 is 28.7 Å². The number of carboxylic acid groups (broad SMARTS) is 1. The largest absolute Gasteiger partial charge is 0.480 e. The third-order valence-electron chi connectivity index (χ3n) is 4.33. The fraction of sp³-hybridized carbons (Fsp3) is 0.444. The normalized spacial score (nSPS) is 19.0. The van der Waals surface area contributed by atoms with E-state index >= 15 is 0 Å². The molecular weight excluding hydrogens is 361 g/mol. The molecule has 1 heterocycles. The first-order valence-corrected chi connectivity index (χ1v) is 9.10. The Morgan fingerprint density at radius 3 is 2.58 bits per heavy atom. The lowest BCUT2D eigenvalue weighted by Crippen LogP contribution is -2.46. The lowest BCUT2D eigenvalue weighted by Gasteiger charge is -2.28. The van der Waals surface area contributed by atoms with Gasteiger partial charge in [0.2, 0.25) is 5.91 Å². The summed E-state index contributed by atoms with van der Waals surface area (Å²) in [7, 11) is 0.